The van der Waals surface area contributed by atoms with Gasteiger partial charge in [-0.1, -0.05) is 25.5 Å². The lowest BCUT2D eigenvalue weighted by molar-refractivity contribution is -0.132. The minimum atomic E-state index is -0.160. The highest BCUT2D eigenvalue weighted by Gasteiger charge is 2.14. The summed E-state index contributed by atoms with van der Waals surface area (Å²) in [4.78, 5) is 30.1. The van der Waals surface area contributed by atoms with Crippen LogP contribution in [0.25, 0.3) is 0 Å². The molecule has 0 saturated carbocycles. The predicted molar refractivity (Wildman–Crippen MR) is 85.3 cm³/mol. The van der Waals surface area contributed by atoms with Crippen molar-refractivity contribution in [3.63, 3.8) is 0 Å². The van der Waals surface area contributed by atoms with Crippen LogP contribution in [0.4, 0.5) is 0 Å². The standard InChI is InChI=1S/C17H21N3O2/c1-2-3-10-19(13-15-7-6-9-18-12-15)17(22)14-20-11-5-4-8-16(20)21/h4-9,11-12H,2-3,10,13-14H2,1H3. The maximum absolute atomic E-state index is 12.5. The molecule has 0 N–H and O–H groups in total. The average molecular weight is 299 g/mol. The molecule has 0 fully saturated rings. The van der Waals surface area contributed by atoms with Gasteiger partial charge in [0, 0.05) is 37.7 Å². The van der Waals surface area contributed by atoms with E-state index in [2.05, 4.69) is 11.9 Å². The molecule has 0 spiro atoms. The van der Waals surface area contributed by atoms with E-state index in [1.165, 1.54) is 10.6 Å². The first-order chi connectivity index (χ1) is 10.7. The summed E-state index contributed by atoms with van der Waals surface area (Å²) >= 11 is 0. The van der Waals surface area contributed by atoms with E-state index in [4.69, 9.17) is 0 Å². The highest BCUT2D eigenvalue weighted by atomic mass is 16.2. The third-order valence-electron chi connectivity index (χ3n) is 3.44. The number of rotatable bonds is 7. The van der Waals surface area contributed by atoms with Crippen LogP contribution in [-0.4, -0.2) is 26.9 Å². The zero-order valence-corrected chi connectivity index (χ0v) is 12.8. The summed E-state index contributed by atoms with van der Waals surface area (Å²) in [5.41, 5.74) is 0.833. The van der Waals surface area contributed by atoms with Crippen LogP contribution in [0.3, 0.4) is 0 Å². The summed E-state index contributed by atoms with van der Waals surface area (Å²) in [6, 6.07) is 8.71. The van der Waals surface area contributed by atoms with Gasteiger partial charge >= 0.3 is 0 Å². The van der Waals surface area contributed by atoms with Gasteiger partial charge in [-0.2, -0.15) is 0 Å². The topological polar surface area (TPSA) is 55.2 Å². The van der Waals surface area contributed by atoms with Gasteiger partial charge < -0.3 is 9.47 Å². The number of unbranched alkanes of at least 4 members (excludes halogenated alkanes) is 1. The van der Waals surface area contributed by atoms with Crippen molar-refractivity contribution in [2.45, 2.75) is 32.9 Å². The van der Waals surface area contributed by atoms with Gasteiger partial charge in [0.25, 0.3) is 5.56 Å². The Morgan fingerprint density at radius 3 is 2.82 bits per heavy atom. The number of amides is 1. The normalized spacial score (nSPS) is 10.4. The van der Waals surface area contributed by atoms with Crippen molar-refractivity contribution in [1.29, 1.82) is 0 Å². The Hall–Kier alpha value is -2.43. The molecular weight excluding hydrogens is 278 g/mol. The second kappa shape index (κ2) is 8.12. The Balaban J connectivity index is 2.09. The van der Waals surface area contributed by atoms with Crippen molar-refractivity contribution in [3.8, 4) is 0 Å². The lowest BCUT2D eigenvalue weighted by Gasteiger charge is -2.23. The van der Waals surface area contributed by atoms with Crippen LogP contribution in [0.15, 0.2) is 53.7 Å². The van der Waals surface area contributed by atoms with Gasteiger partial charge in [0.15, 0.2) is 0 Å². The zero-order valence-electron chi connectivity index (χ0n) is 12.8. The Morgan fingerprint density at radius 2 is 2.14 bits per heavy atom. The summed E-state index contributed by atoms with van der Waals surface area (Å²) < 4.78 is 1.44. The molecule has 0 unspecified atom stereocenters. The first kappa shape index (κ1) is 15.9. The Kier molecular flexibility index (Phi) is 5.89. The van der Waals surface area contributed by atoms with Crippen molar-refractivity contribution < 1.29 is 4.79 Å². The van der Waals surface area contributed by atoms with E-state index in [9.17, 15) is 9.59 Å². The fraction of sp³-hybridized carbons (Fsp3) is 0.353. The number of carbonyl (C=O) groups is 1. The molecule has 0 saturated heterocycles. The maximum Gasteiger partial charge on any atom is 0.250 e. The van der Waals surface area contributed by atoms with Crippen LogP contribution >= 0.6 is 0 Å². The molecule has 22 heavy (non-hydrogen) atoms. The fourth-order valence-corrected chi connectivity index (χ4v) is 2.19. The number of aromatic nitrogens is 2. The Morgan fingerprint density at radius 1 is 1.27 bits per heavy atom. The molecule has 2 rings (SSSR count). The minimum Gasteiger partial charge on any atom is -0.337 e. The summed E-state index contributed by atoms with van der Waals surface area (Å²) in [6.07, 6.45) is 7.08. The SMILES string of the molecule is CCCCN(Cc1cccnc1)C(=O)Cn1ccccc1=O. The summed E-state index contributed by atoms with van der Waals surface area (Å²) in [7, 11) is 0. The molecule has 0 aliphatic heterocycles. The monoisotopic (exact) mass is 299 g/mol. The molecular formula is C17H21N3O2. The van der Waals surface area contributed by atoms with Gasteiger partial charge in [-0.25, -0.2) is 0 Å². The Labute approximate surface area is 130 Å². The van der Waals surface area contributed by atoms with Crippen LogP contribution in [0.1, 0.15) is 25.3 Å². The first-order valence-electron chi connectivity index (χ1n) is 7.53. The molecule has 0 aromatic carbocycles. The van der Waals surface area contributed by atoms with Gasteiger partial charge in [0.1, 0.15) is 6.54 Å². The minimum absolute atomic E-state index is 0.0504. The van der Waals surface area contributed by atoms with Crippen LogP contribution < -0.4 is 5.56 Å². The van der Waals surface area contributed by atoms with Gasteiger partial charge in [-0.05, 0) is 24.1 Å². The molecule has 0 aliphatic rings. The van der Waals surface area contributed by atoms with E-state index in [0.717, 1.165) is 18.4 Å². The van der Waals surface area contributed by atoms with Crippen molar-refractivity contribution in [3.05, 3.63) is 64.8 Å². The number of hydrogen-bond acceptors (Lipinski definition) is 3. The van der Waals surface area contributed by atoms with Crippen LogP contribution in [0.5, 0.6) is 0 Å². The lowest BCUT2D eigenvalue weighted by Crippen LogP contribution is -2.36. The van der Waals surface area contributed by atoms with E-state index in [-0.39, 0.29) is 18.0 Å². The molecule has 0 bridgehead atoms. The van der Waals surface area contributed by atoms with Gasteiger partial charge in [0.2, 0.25) is 5.91 Å². The summed E-state index contributed by atoms with van der Waals surface area (Å²) in [6.45, 7) is 3.37. The van der Waals surface area contributed by atoms with Gasteiger partial charge in [-0.3, -0.25) is 14.6 Å². The van der Waals surface area contributed by atoms with Crippen molar-refractivity contribution in [1.82, 2.24) is 14.5 Å². The van der Waals surface area contributed by atoms with Crippen molar-refractivity contribution in [2.24, 2.45) is 0 Å². The molecule has 2 aromatic rings. The molecule has 0 radical (unpaired) electrons. The summed E-state index contributed by atoms with van der Waals surface area (Å²) in [5, 5.41) is 0. The highest BCUT2D eigenvalue weighted by molar-refractivity contribution is 5.76. The van der Waals surface area contributed by atoms with Crippen LogP contribution in [0.2, 0.25) is 0 Å². The number of nitrogens with zero attached hydrogens (tertiary/aromatic N) is 3. The lowest BCUT2D eigenvalue weighted by atomic mass is 10.2. The largest absolute Gasteiger partial charge is 0.337 e. The number of hydrogen-bond donors (Lipinski definition) is 0. The maximum atomic E-state index is 12.5. The number of pyridine rings is 2. The molecule has 2 aromatic heterocycles. The highest BCUT2D eigenvalue weighted by Crippen LogP contribution is 2.06. The quantitative estimate of drug-likeness (QED) is 0.786. The summed E-state index contributed by atoms with van der Waals surface area (Å²) in [5.74, 6) is -0.0504. The molecule has 5 nitrogen and oxygen atoms in total. The fourth-order valence-electron chi connectivity index (χ4n) is 2.19. The molecule has 1 amide bonds. The second-order valence-corrected chi connectivity index (χ2v) is 5.20. The third kappa shape index (κ3) is 4.55. The van der Waals surface area contributed by atoms with Gasteiger partial charge in [0.05, 0.1) is 0 Å². The van der Waals surface area contributed by atoms with Crippen LogP contribution in [0, 0.1) is 0 Å². The Bertz CT molecular complexity index is 652. The van der Waals surface area contributed by atoms with Gasteiger partial charge in [-0.15, -0.1) is 0 Å². The molecule has 0 atom stereocenters. The second-order valence-electron chi connectivity index (χ2n) is 5.20. The zero-order chi connectivity index (χ0) is 15.8. The smallest absolute Gasteiger partial charge is 0.250 e. The molecule has 2 heterocycles. The van der Waals surface area contributed by atoms with E-state index < -0.39 is 0 Å². The predicted octanol–water partition coefficient (Wildman–Crippen LogP) is 2.07. The first-order valence-corrected chi connectivity index (χ1v) is 7.53. The van der Waals surface area contributed by atoms with E-state index in [1.54, 1.807) is 35.6 Å². The third-order valence-corrected chi connectivity index (χ3v) is 3.44. The molecule has 5 heteroatoms. The van der Waals surface area contributed by atoms with Crippen LogP contribution in [-0.2, 0) is 17.9 Å². The molecule has 0 aliphatic carbocycles. The average Bonchev–Trinajstić information content (AvgIpc) is 2.54. The van der Waals surface area contributed by atoms with Crippen molar-refractivity contribution in [2.75, 3.05) is 6.54 Å². The van der Waals surface area contributed by atoms with E-state index in [1.807, 2.05) is 12.1 Å². The van der Waals surface area contributed by atoms with E-state index in [0.29, 0.717) is 13.1 Å². The molecule has 116 valence electrons. The number of carbonyl (C=O) groups excluding carboxylic acids is 1. The van der Waals surface area contributed by atoms with Crippen molar-refractivity contribution >= 4 is 5.91 Å². The van der Waals surface area contributed by atoms with E-state index >= 15 is 0 Å².